The summed E-state index contributed by atoms with van der Waals surface area (Å²) < 4.78 is 0. The van der Waals surface area contributed by atoms with Crippen molar-refractivity contribution in [1.82, 2.24) is 5.32 Å². The number of Topliss-reactive ketones (excluding diaryl/α,β-unsaturated/α-hetero) is 1. The first-order valence-electron chi connectivity index (χ1n) is 6.98. The molecule has 0 saturated heterocycles. The zero-order chi connectivity index (χ0) is 15.2. The minimum atomic E-state index is -0.0451. The smallest absolute Gasteiger partial charge is 0.216 e. The van der Waals surface area contributed by atoms with Crippen LogP contribution < -0.4 is 5.32 Å². The Balaban J connectivity index is 2.30. The SMILES string of the molecule is CC(=O)NC[C@@H](c1ccccc1)c1ccc(C(C)=O)cc1. The normalized spacial score (nSPS) is 11.7. The molecule has 0 saturated carbocycles. The molecule has 1 amide bonds. The molecule has 0 aliphatic carbocycles. The van der Waals surface area contributed by atoms with Crippen molar-refractivity contribution in [2.45, 2.75) is 19.8 Å². The molecule has 3 nitrogen and oxygen atoms in total. The van der Waals surface area contributed by atoms with Crippen molar-refractivity contribution in [2.24, 2.45) is 0 Å². The average Bonchev–Trinajstić information content (AvgIpc) is 2.49. The fraction of sp³-hybridized carbons (Fsp3) is 0.222. The number of hydrogen-bond acceptors (Lipinski definition) is 2. The second kappa shape index (κ2) is 6.84. The van der Waals surface area contributed by atoms with Gasteiger partial charge in [0.2, 0.25) is 5.91 Å². The summed E-state index contributed by atoms with van der Waals surface area (Å²) in [6, 6.07) is 17.6. The Kier molecular flexibility index (Phi) is 4.88. The Morgan fingerprint density at radius 3 is 2.00 bits per heavy atom. The van der Waals surface area contributed by atoms with Gasteiger partial charge in [0.25, 0.3) is 0 Å². The Bertz CT molecular complexity index is 617. The van der Waals surface area contributed by atoms with Crippen LogP contribution in [-0.2, 0) is 4.79 Å². The summed E-state index contributed by atoms with van der Waals surface area (Å²) in [7, 11) is 0. The highest BCUT2D eigenvalue weighted by Crippen LogP contribution is 2.24. The summed E-state index contributed by atoms with van der Waals surface area (Å²) in [4.78, 5) is 22.6. The van der Waals surface area contributed by atoms with Gasteiger partial charge in [0.1, 0.15) is 0 Å². The molecule has 0 heterocycles. The van der Waals surface area contributed by atoms with Crippen LogP contribution in [0.3, 0.4) is 0 Å². The Morgan fingerprint density at radius 1 is 0.905 bits per heavy atom. The molecule has 0 bridgehead atoms. The summed E-state index contributed by atoms with van der Waals surface area (Å²) in [5.41, 5.74) is 2.92. The monoisotopic (exact) mass is 281 g/mol. The van der Waals surface area contributed by atoms with E-state index in [4.69, 9.17) is 0 Å². The van der Waals surface area contributed by atoms with Gasteiger partial charge in [-0.3, -0.25) is 9.59 Å². The molecule has 1 N–H and O–H groups in total. The van der Waals surface area contributed by atoms with Gasteiger partial charge in [0.15, 0.2) is 5.78 Å². The number of hydrogen-bond donors (Lipinski definition) is 1. The van der Waals surface area contributed by atoms with E-state index >= 15 is 0 Å². The highest BCUT2D eigenvalue weighted by molar-refractivity contribution is 5.94. The minimum Gasteiger partial charge on any atom is -0.355 e. The highest BCUT2D eigenvalue weighted by Gasteiger charge is 2.14. The first kappa shape index (κ1) is 15.0. The van der Waals surface area contributed by atoms with Crippen LogP contribution in [-0.4, -0.2) is 18.2 Å². The number of nitrogens with one attached hydrogen (secondary N) is 1. The van der Waals surface area contributed by atoms with Crippen LogP contribution in [0.2, 0.25) is 0 Å². The zero-order valence-electron chi connectivity index (χ0n) is 12.3. The third-order valence-corrected chi connectivity index (χ3v) is 3.48. The minimum absolute atomic E-state index is 0.0451. The van der Waals surface area contributed by atoms with Crippen LogP contribution in [0.4, 0.5) is 0 Å². The van der Waals surface area contributed by atoms with Crippen molar-refractivity contribution in [2.75, 3.05) is 6.54 Å². The lowest BCUT2D eigenvalue weighted by molar-refractivity contribution is -0.118. The van der Waals surface area contributed by atoms with Crippen molar-refractivity contribution < 1.29 is 9.59 Å². The molecule has 21 heavy (non-hydrogen) atoms. The fourth-order valence-corrected chi connectivity index (χ4v) is 2.31. The summed E-state index contributed by atoms with van der Waals surface area (Å²) in [6.07, 6.45) is 0. The van der Waals surface area contributed by atoms with Gasteiger partial charge < -0.3 is 5.32 Å². The molecule has 108 valence electrons. The number of benzene rings is 2. The van der Waals surface area contributed by atoms with E-state index in [2.05, 4.69) is 5.32 Å². The van der Waals surface area contributed by atoms with Gasteiger partial charge in [0, 0.05) is 24.9 Å². The van der Waals surface area contributed by atoms with Gasteiger partial charge in [0.05, 0.1) is 0 Å². The molecule has 2 aromatic rings. The third-order valence-electron chi connectivity index (χ3n) is 3.48. The molecule has 0 unspecified atom stereocenters. The van der Waals surface area contributed by atoms with E-state index in [0.29, 0.717) is 12.1 Å². The Hall–Kier alpha value is -2.42. The highest BCUT2D eigenvalue weighted by atomic mass is 16.1. The van der Waals surface area contributed by atoms with Gasteiger partial charge >= 0.3 is 0 Å². The molecule has 0 aliphatic heterocycles. The van der Waals surface area contributed by atoms with E-state index < -0.39 is 0 Å². The van der Waals surface area contributed by atoms with Crippen molar-refractivity contribution in [3.63, 3.8) is 0 Å². The number of ketones is 1. The number of carbonyl (C=O) groups excluding carboxylic acids is 2. The van der Waals surface area contributed by atoms with Crippen LogP contribution >= 0.6 is 0 Å². The molecule has 1 atom stereocenters. The molecular formula is C18H19NO2. The maximum absolute atomic E-state index is 11.4. The largest absolute Gasteiger partial charge is 0.355 e. The molecule has 2 rings (SSSR count). The molecular weight excluding hydrogens is 262 g/mol. The van der Waals surface area contributed by atoms with E-state index in [1.54, 1.807) is 6.92 Å². The second-order valence-corrected chi connectivity index (χ2v) is 5.08. The Morgan fingerprint density at radius 2 is 1.48 bits per heavy atom. The van der Waals surface area contributed by atoms with Crippen molar-refractivity contribution in [3.8, 4) is 0 Å². The predicted molar refractivity (Wildman–Crippen MR) is 83.4 cm³/mol. The summed E-state index contributed by atoms with van der Waals surface area (Å²) in [5.74, 6) is 0.0899. The van der Waals surface area contributed by atoms with Crippen LogP contribution in [0, 0.1) is 0 Å². The number of carbonyl (C=O) groups is 2. The van der Waals surface area contributed by atoms with Gasteiger partial charge in [-0.1, -0.05) is 54.6 Å². The molecule has 0 fully saturated rings. The van der Waals surface area contributed by atoms with Crippen molar-refractivity contribution in [1.29, 1.82) is 0 Å². The maximum atomic E-state index is 11.4. The van der Waals surface area contributed by atoms with Gasteiger partial charge in [-0.2, -0.15) is 0 Å². The summed E-state index contributed by atoms with van der Waals surface area (Å²) >= 11 is 0. The topological polar surface area (TPSA) is 46.2 Å². The quantitative estimate of drug-likeness (QED) is 0.856. The van der Waals surface area contributed by atoms with Crippen LogP contribution in [0.5, 0.6) is 0 Å². The van der Waals surface area contributed by atoms with Crippen molar-refractivity contribution >= 4 is 11.7 Å². The van der Waals surface area contributed by atoms with Crippen LogP contribution in [0.1, 0.15) is 41.3 Å². The zero-order valence-corrected chi connectivity index (χ0v) is 12.3. The predicted octanol–water partition coefficient (Wildman–Crippen LogP) is 3.16. The van der Waals surface area contributed by atoms with Crippen LogP contribution in [0.15, 0.2) is 54.6 Å². The third kappa shape index (κ3) is 4.02. The lowest BCUT2D eigenvalue weighted by Gasteiger charge is -2.18. The molecule has 0 aliphatic rings. The van der Waals surface area contributed by atoms with E-state index in [-0.39, 0.29) is 17.6 Å². The van der Waals surface area contributed by atoms with E-state index in [0.717, 1.165) is 11.1 Å². The standard InChI is InChI=1S/C18H19NO2/c1-13(20)15-8-10-17(11-9-15)18(12-19-14(2)21)16-6-4-3-5-7-16/h3-11,18H,12H2,1-2H3,(H,19,21)/t18-/m0/s1. The second-order valence-electron chi connectivity index (χ2n) is 5.08. The number of rotatable bonds is 5. The van der Waals surface area contributed by atoms with E-state index in [1.165, 1.54) is 6.92 Å². The lowest BCUT2D eigenvalue weighted by atomic mass is 9.90. The summed E-state index contributed by atoms with van der Waals surface area (Å²) in [6.45, 7) is 3.61. The molecule has 2 aromatic carbocycles. The van der Waals surface area contributed by atoms with Gasteiger partial charge in [-0.15, -0.1) is 0 Å². The molecule has 0 aromatic heterocycles. The summed E-state index contributed by atoms with van der Waals surface area (Å²) in [5, 5.41) is 2.87. The maximum Gasteiger partial charge on any atom is 0.216 e. The molecule has 3 heteroatoms. The Labute approximate surface area is 125 Å². The molecule has 0 radical (unpaired) electrons. The lowest BCUT2D eigenvalue weighted by Crippen LogP contribution is -2.26. The first-order chi connectivity index (χ1) is 10.1. The van der Waals surface area contributed by atoms with Crippen molar-refractivity contribution in [3.05, 3.63) is 71.3 Å². The fourth-order valence-electron chi connectivity index (χ4n) is 2.31. The first-order valence-corrected chi connectivity index (χ1v) is 6.98. The molecule has 0 spiro atoms. The van der Waals surface area contributed by atoms with Gasteiger partial charge in [-0.05, 0) is 18.1 Å². The van der Waals surface area contributed by atoms with E-state index in [1.807, 2.05) is 54.6 Å². The number of amides is 1. The van der Waals surface area contributed by atoms with Crippen LogP contribution in [0.25, 0.3) is 0 Å². The van der Waals surface area contributed by atoms with Gasteiger partial charge in [-0.25, -0.2) is 0 Å². The average molecular weight is 281 g/mol. The van der Waals surface area contributed by atoms with E-state index in [9.17, 15) is 9.59 Å².